The second-order valence-electron chi connectivity index (χ2n) is 8.52. The van der Waals surface area contributed by atoms with Crippen LogP contribution in [0.1, 0.15) is 44.7 Å². The molecule has 1 aliphatic heterocycles. The molecule has 0 bridgehead atoms. The summed E-state index contributed by atoms with van der Waals surface area (Å²) in [5.74, 6) is -0.357. The molecule has 0 unspecified atom stereocenters. The lowest BCUT2D eigenvalue weighted by Gasteiger charge is -2.36. The molecule has 1 aromatic carbocycles. The van der Waals surface area contributed by atoms with Crippen LogP contribution in [-0.4, -0.2) is 60.2 Å². The molecular formula is C21H29F3N3O4-. The average molecular weight is 444 g/mol. The predicted molar refractivity (Wildman–Crippen MR) is 107 cm³/mol. The van der Waals surface area contributed by atoms with Crippen molar-refractivity contribution < 1.29 is 32.6 Å². The Morgan fingerprint density at radius 3 is 2.32 bits per heavy atom. The van der Waals surface area contributed by atoms with Crippen LogP contribution in [0, 0.1) is 0 Å². The van der Waals surface area contributed by atoms with Crippen LogP contribution in [-0.2, 0) is 22.3 Å². The number of halogens is 3. The summed E-state index contributed by atoms with van der Waals surface area (Å²) in [6.45, 7) is 7.52. The second kappa shape index (κ2) is 10.2. The van der Waals surface area contributed by atoms with E-state index in [0.29, 0.717) is 56.9 Å². The zero-order valence-corrected chi connectivity index (χ0v) is 18.1. The number of carbonyl (C=O) groups is 2. The van der Waals surface area contributed by atoms with Crippen molar-refractivity contribution in [3.63, 3.8) is 0 Å². The van der Waals surface area contributed by atoms with Gasteiger partial charge >= 0.3 is 12.1 Å². The van der Waals surface area contributed by atoms with Gasteiger partial charge in [-0.2, -0.15) is 13.2 Å². The van der Waals surface area contributed by atoms with Crippen LogP contribution < -0.4 is 10.4 Å². The molecule has 0 radical (unpaired) electrons. The number of nitrogens with zero attached hydrogens (tertiary/aromatic N) is 2. The molecule has 10 heteroatoms. The molecule has 31 heavy (non-hydrogen) atoms. The molecule has 1 aliphatic rings. The molecule has 0 aromatic heterocycles. The predicted octanol–water partition coefficient (Wildman–Crippen LogP) is 2.70. The molecule has 0 atom stereocenters. The summed E-state index contributed by atoms with van der Waals surface area (Å²) in [6, 6.07) is 3.54. The maximum absolute atomic E-state index is 13.2. The van der Waals surface area contributed by atoms with E-state index >= 15 is 0 Å². The standard InChI is InChI=1S/C21H30F3N3O4/c1-20(2,3)31-18(28)5-4-8-25-17-13-16(21(22,23)24)7-6-15(17)14-26-9-11-27(12-10-26)19(29)30/h6-7,13,25H,4-5,8-12,14H2,1-3H3,(H,29,30)/p-1. The Balaban J connectivity index is 2.00. The topological polar surface area (TPSA) is 84.9 Å². The third kappa shape index (κ3) is 8.28. The minimum absolute atomic E-state index is 0.156. The molecule has 0 spiro atoms. The Morgan fingerprint density at radius 2 is 1.77 bits per heavy atom. The number of rotatable bonds is 7. The number of benzene rings is 1. The highest BCUT2D eigenvalue weighted by Crippen LogP contribution is 2.32. The van der Waals surface area contributed by atoms with Crippen molar-refractivity contribution in [2.75, 3.05) is 38.0 Å². The zero-order valence-electron chi connectivity index (χ0n) is 18.1. The number of amides is 1. The van der Waals surface area contributed by atoms with Gasteiger partial charge in [0, 0.05) is 51.4 Å². The number of carboxylic acid groups (broad SMARTS) is 1. The van der Waals surface area contributed by atoms with Gasteiger partial charge in [-0.3, -0.25) is 9.69 Å². The highest BCUT2D eigenvalue weighted by Gasteiger charge is 2.31. The molecule has 1 saturated heterocycles. The van der Waals surface area contributed by atoms with Crippen LogP contribution in [0.4, 0.5) is 23.7 Å². The fourth-order valence-corrected chi connectivity index (χ4v) is 3.23. The lowest BCUT2D eigenvalue weighted by atomic mass is 10.1. The van der Waals surface area contributed by atoms with Gasteiger partial charge in [-0.05, 0) is 44.9 Å². The monoisotopic (exact) mass is 444 g/mol. The second-order valence-corrected chi connectivity index (χ2v) is 8.52. The van der Waals surface area contributed by atoms with E-state index in [-0.39, 0.29) is 12.4 Å². The number of hydrogen-bond acceptors (Lipinski definition) is 6. The summed E-state index contributed by atoms with van der Waals surface area (Å²) in [5.41, 5.74) is -0.319. The van der Waals surface area contributed by atoms with Gasteiger partial charge in [-0.15, -0.1) is 0 Å². The van der Waals surface area contributed by atoms with Gasteiger partial charge in [0.2, 0.25) is 0 Å². The molecule has 1 heterocycles. The molecule has 2 rings (SSSR count). The van der Waals surface area contributed by atoms with Crippen LogP contribution >= 0.6 is 0 Å². The van der Waals surface area contributed by atoms with Crippen molar-refractivity contribution >= 4 is 17.7 Å². The summed E-state index contributed by atoms with van der Waals surface area (Å²) in [6.07, 6.45) is -5.12. The summed E-state index contributed by atoms with van der Waals surface area (Å²) < 4.78 is 44.7. The summed E-state index contributed by atoms with van der Waals surface area (Å²) in [4.78, 5) is 25.9. The van der Waals surface area contributed by atoms with E-state index in [9.17, 15) is 27.9 Å². The number of carbonyl (C=O) groups excluding carboxylic acids is 2. The van der Waals surface area contributed by atoms with E-state index < -0.39 is 23.4 Å². The van der Waals surface area contributed by atoms with Crippen molar-refractivity contribution in [1.82, 2.24) is 9.80 Å². The van der Waals surface area contributed by atoms with Gasteiger partial charge in [0.05, 0.1) is 5.56 Å². The first-order chi connectivity index (χ1) is 14.3. The third-order valence-electron chi connectivity index (χ3n) is 4.75. The van der Waals surface area contributed by atoms with Gasteiger partial charge in [0.15, 0.2) is 0 Å². The molecule has 1 N–H and O–H groups in total. The molecule has 0 aliphatic carbocycles. The van der Waals surface area contributed by atoms with Crippen molar-refractivity contribution in [2.45, 2.75) is 51.9 Å². The van der Waals surface area contributed by atoms with Crippen LogP contribution in [0.3, 0.4) is 0 Å². The van der Waals surface area contributed by atoms with E-state index in [0.717, 1.165) is 12.1 Å². The quantitative estimate of drug-likeness (QED) is 0.514. The Morgan fingerprint density at radius 1 is 1.13 bits per heavy atom. The third-order valence-corrected chi connectivity index (χ3v) is 4.75. The average Bonchev–Trinajstić information content (AvgIpc) is 2.64. The van der Waals surface area contributed by atoms with E-state index in [1.807, 2.05) is 4.90 Å². The van der Waals surface area contributed by atoms with Crippen LogP contribution in [0.15, 0.2) is 18.2 Å². The maximum atomic E-state index is 13.2. The summed E-state index contributed by atoms with van der Waals surface area (Å²) in [7, 11) is 0. The number of alkyl halides is 3. The molecule has 7 nitrogen and oxygen atoms in total. The van der Waals surface area contributed by atoms with E-state index in [1.165, 1.54) is 11.0 Å². The number of esters is 1. The smallest absolute Gasteiger partial charge is 0.416 e. The van der Waals surface area contributed by atoms with Gasteiger partial charge in [-0.1, -0.05) is 6.07 Å². The van der Waals surface area contributed by atoms with Gasteiger partial charge < -0.3 is 24.9 Å². The largest absolute Gasteiger partial charge is 0.530 e. The normalized spacial score (nSPS) is 15.6. The van der Waals surface area contributed by atoms with E-state index in [2.05, 4.69) is 5.32 Å². The molecule has 1 aromatic rings. The first-order valence-corrected chi connectivity index (χ1v) is 10.2. The lowest BCUT2D eigenvalue weighted by Crippen LogP contribution is -2.52. The number of ether oxygens (including phenoxy) is 1. The minimum atomic E-state index is -4.47. The highest BCUT2D eigenvalue weighted by molar-refractivity contribution is 5.69. The van der Waals surface area contributed by atoms with Crippen LogP contribution in [0.2, 0.25) is 0 Å². The Bertz CT molecular complexity index is 770. The highest BCUT2D eigenvalue weighted by atomic mass is 19.4. The summed E-state index contributed by atoms with van der Waals surface area (Å²) in [5, 5.41) is 13.9. The maximum Gasteiger partial charge on any atom is 0.416 e. The summed E-state index contributed by atoms with van der Waals surface area (Å²) >= 11 is 0. The van der Waals surface area contributed by atoms with Crippen molar-refractivity contribution in [3.8, 4) is 0 Å². The number of piperazine rings is 1. The Hall–Kier alpha value is -2.49. The molecule has 174 valence electrons. The molecule has 0 saturated carbocycles. The molecule has 1 amide bonds. The molecule has 1 fully saturated rings. The van der Waals surface area contributed by atoms with Gasteiger partial charge in [-0.25, -0.2) is 0 Å². The number of nitrogens with one attached hydrogen (secondary N) is 1. The van der Waals surface area contributed by atoms with Gasteiger partial charge in [0.1, 0.15) is 11.7 Å². The fraction of sp³-hybridized carbons (Fsp3) is 0.619. The van der Waals surface area contributed by atoms with E-state index in [4.69, 9.17) is 4.74 Å². The Kier molecular flexibility index (Phi) is 8.16. The van der Waals surface area contributed by atoms with Crippen molar-refractivity contribution in [3.05, 3.63) is 29.3 Å². The van der Waals surface area contributed by atoms with Crippen LogP contribution in [0.5, 0.6) is 0 Å². The SMILES string of the molecule is CC(C)(C)OC(=O)CCCNc1cc(C(F)(F)F)ccc1CN1CCN(C(=O)[O-])CC1. The Labute approximate surface area is 180 Å². The fourth-order valence-electron chi connectivity index (χ4n) is 3.23. The van der Waals surface area contributed by atoms with Gasteiger partial charge in [0.25, 0.3) is 0 Å². The zero-order chi connectivity index (χ0) is 23.2. The minimum Gasteiger partial charge on any atom is -0.530 e. The van der Waals surface area contributed by atoms with Crippen molar-refractivity contribution in [1.29, 1.82) is 0 Å². The molecular weight excluding hydrogens is 415 g/mol. The van der Waals surface area contributed by atoms with E-state index in [1.54, 1.807) is 20.8 Å². The lowest BCUT2D eigenvalue weighted by molar-refractivity contribution is -0.266. The van der Waals surface area contributed by atoms with Crippen molar-refractivity contribution in [2.24, 2.45) is 0 Å². The number of anilines is 1. The van der Waals surface area contributed by atoms with Crippen LogP contribution in [0.25, 0.3) is 0 Å². The number of hydrogen-bond donors (Lipinski definition) is 1. The first-order valence-electron chi connectivity index (χ1n) is 10.2. The first kappa shape index (κ1) is 24.8.